The molecule has 2 N–H and O–H groups in total. The molecule has 1 saturated carbocycles. The number of ether oxygens (including phenoxy) is 1. The van der Waals surface area contributed by atoms with Crippen molar-refractivity contribution in [3.8, 4) is 0 Å². The van der Waals surface area contributed by atoms with Crippen molar-refractivity contribution in [1.29, 1.82) is 0 Å². The van der Waals surface area contributed by atoms with Crippen LogP contribution in [0.25, 0.3) is 0 Å². The zero-order valence-electron chi connectivity index (χ0n) is 12.5. The molecule has 3 unspecified atom stereocenters. The highest BCUT2D eigenvalue weighted by Gasteiger charge is 2.59. The van der Waals surface area contributed by atoms with E-state index in [1.54, 1.807) is 0 Å². The molecular formula is C14H27N3OS. The second-order valence-corrected chi connectivity index (χ2v) is 6.93. The van der Waals surface area contributed by atoms with E-state index >= 15 is 0 Å². The average molecular weight is 285 g/mol. The minimum Gasteiger partial charge on any atom is -0.377 e. The maximum Gasteiger partial charge on any atom is 0.191 e. The molecule has 110 valence electrons. The van der Waals surface area contributed by atoms with Gasteiger partial charge in [-0.1, -0.05) is 13.8 Å². The third-order valence-electron chi connectivity index (χ3n) is 4.30. The monoisotopic (exact) mass is 285 g/mol. The van der Waals surface area contributed by atoms with Gasteiger partial charge in [-0.2, -0.15) is 11.8 Å². The number of rotatable bonds is 5. The Hall–Kier alpha value is -0.420. The summed E-state index contributed by atoms with van der Waals surface area (Å²) in [5.74, 6) is 2.68. The lowest BCUT2D eigenvalue weighted by Crippen LogP contribution is -2.68. The van der Waals surface area contributed by atoms with Crippen LogP contribution < -0.4 is 10.6 Å². The van der Waals surface area contributed by atoms with Gasteiger partial charge in [-0.25, -0.2) is 0 Å². The molecule has 0 aromatic carbocycles. The van der Waals surface area contributed by atoms with Crippen LogP contribution in [-0.4, -0.2) is 49.8 Å². The molecule has 0 spiro atoms. The maximum atomic E-state index is 5.83. The highest BCUT2D eigenvalue weighted by atomic mass is 32.2. The average Bonchev–Trinajstić information content (AvgIpc) is 2.82. The molecule has 0 amide bonds. The van der Waals surface area contributed by atoms with Crippen LogP contribution >= 0.6 is 11.8 Å². The summed E-state index contributed by atoms with van der Waals surface area (Å²) in [4.78, 5) is 4.64. The second kappa shape index (κ2) is 6.35. The van der Waals surface area contributed by atoms with Gasteiger partial charge >= 0.3 is 0 Å². The first-order valence-electron chi connectivity index (χ1n) is 7.26. The summed E-state index contributed by atoms with van der Waals surface area (Å²) in [5, 5.41) is 6.97. The van der Waals surface area contributed by atoms with Crippen LogP contribution in [-0.2, 0) is 4.74 Å². The molecule has 3 atom stereocenters. The first-order chi connectivity index (χ1) is 9.11. The topological polar surface area (TPSA) is 45.7 Å². The van der Waals surface area contributed by atoms with E-state index in [9.17, 15) is 0 Å². The van der Waals surface area contributed by atoms with Crippen LogP contribution in [0, 0.1) is 11.3 Å². The van der Waals surface area contributed by atoms with Gasteiger partial charge < -0.3 is 15.4 Å². The van der Waals surface area contributed by atoms with Crippen molar-refractivity contribution in [3.05, 3.63) is 0 Å². The minimum absolute atomic E-state index is 0.205. The molecule has 2 rings (SSSR count). The van der Waals surface area contributed by atoms with Crippen LogP contribution in [0.1, 0.15) is 27.2 Å². The zero-order chi connectivity index (χ0) is 13.9. The fourth-order valence-electron chi connectivity index (χ4n) is 3.33. The SMILES string of the molecule is CCNC(=NCCSC)NC1C2CCOC2C1(C)C. The van der Waals surface area contributed by atoms with E-state index in [-0.39, 0.29) is 5.41 Å². The van der Waals surface area contributed by atoms with E-state index in [0.29, 0.717) is 18.1 Å². The Bertz CT molecular complexity index is 333. The van der Waals surface area contributed by atoms with Crippen LogP contribution in [0.15, 0.2) is 4.99 Å². The van der Waals surface area contributed by atoms with E-state index in [1.165, 1.54) is 6.42 Å². The highest BCUT2D eigenvalue weighted by molar-refractivity contribution is 7.98. The van der Waals surface area contributed by atoms with Crippen LogP contribution in [0.4, 0.5) is 0 Å². The smallest absolute Gasteiger partial charge is 0.191 e. The summed E-state index contributed by atoms with van der Waals surface area (Å²) in [5.41, 5.74) is 0.205. The molecule has 4 nitrogen and oxygen atoms in total. The zero-order valence-corrected chi connectivity index (χ0v) is 13.3. The van der Waals surface area contributed by atoms with E-state index < -0.39 is 0 Å². The minimum atomic E-state index is 0.205. The fraction of sp³-hybridized carbons (Fsp3) is 0.929. The first kappa shape index (κ1) is 15.0. The molecule has 2 aliphatic rings. The molecule has 0 aromatic rings. The largest absolute Gasteiger partial charge is 0.377 e. The molecule has 2 fully saturated rings. The Morgan fingerprint density at radius 3 is 2.95 bits per heavy atom. The third-order valence-corrected chi connectivity index (χ3v) is 4.89. The number of nitrogens with one attached hydrogen (secondary N) is 2. The fourth-order valence-corrected chi connectivity index (χ4v) is 3.61. The molecule has 5 heteroatoms. The Morgan fingerprint density at radius 1 is 1.47 bits per heavy atom. The molecule has 1 aliphatic heterocycles. The van der Waals surface area contributed by atoms with Gasteiger partial charge in [-0.15, -0.1) is 0 Å². The summed E-state index contributed by atoms with van der Waals surface area (Å²) in [6, 6.07) is 0.479. The Labute approximate surface area is 121 Å². The third kappa shape index (κ3) is 3.02. The lowest BCUT2D eigenvalue weighted by Gasteiger charge is -2.54. The molecule has 0 aromatic heterocycles. The van der Waals surface area contributed by atoms with Crippen molar-refractivity contribution in [2.75, 3.05) is 31.7 Å². The lowest BCUT2D eigenvalue weighted by molar-refractivity contribution is -0.106. The molecule has 1 heterocycles. The van der Waals surface area contributed by atoms with E-state index in [4.69, 9.17) is 4.74 Å². The normalized spacial score (nSPS) is 32.6. The summed E-state index contributed by atoms with van der Waals surface area (Å²) in [6.45, 7) is 9.39. The number of hydrogen-bond donors (Lipinski definition) is 2. The summed E-state index contributed by atoms with van der Waals surface area (Å²) in [6.07, 6.45) is 3.72. The predicted octanol–water partition coefficient (Wildman–Crippen LogP) is 1.72. The quantitative estimate of drug-likeness (QED) is 0.459. The van der Waals surface area contributed by atoms with Crippen molar-refractivity contribution in [2.45, 2.75) is 39.3 Å². The van der Waals surface area contributed by atoms with Crippen LogP contribution in [0.5, 0.6) is 0 Å². The summed E-state index contributed by atoms with van der Waals surface area (Å²) >= 11 is 1.83. The van der Waals surface area contributed by atoms with Gasteiger partial charge in [0.2, 0.25) is 0 Å². The first-order valence-corrected chi connectivity index (χ1v) is 8.66. The lowest BCUT2D eigenvalue weighted by atomic mass is 9.57. The van der Waals surface area contributed by atoms with Crippen molar-refractivity contribution in [3.63, 3.8) is 0 Å². The van der Waals surface area contributed by atoms with E-state index in [1.807, 2.05) is 11.8 Å². The van der Waals surface area contributed by atoms with Gasteiger partial charge in [0, 0.05) is 36.3 Å². The molecule has 1 aliphatic carbocycles. The van der Waals surface area contributed by atoms with Crippen LogP contribution in [0.2, 0.25) is 0 Å². The number of thioether (sulfide) groups is 1. The van der Waals surface area contributed by atoms with Crippen LogP contribution in [0.3, 0.4) is 0 Å². The Balaban J connectivity index is 1.95. The second-order valence-electron chi connectivity index (χ2n) is 5.94. The van der Waals surface area contributed by atoms with Crippen molar-refractivity contribution in [1.82, 2.24) is 10.6 Å². The number of guanidine groups is 1. The molecular weight excluding hydrogens is 258 g/mol. The maximum absolute atomic E-state index is 5.83. The van der Waals surface area contributed by atoms with Gasteiger partial charge in [-0.3, -0.25) is 4.99 Å². The number of fused-ring (bicyclic) bond motifs is 1. The highest BCUT2D eigenvalue weighted by Crippen LogP contribution is 2.51. The van der Waals surface area contributed by atoms with Crippen molar-refractivity contribution >= 4 is 17.7 Å². The molecule has 0 bridgehead atoms. The van der Waals surface area contributed by atoms with E-state index in [2.05, 4.69) is 42.7 Å². The van der Waals surface area contributed by atoms with Crippen molar-refractivity contribution < 1.29 is 4.74 Å². The van der Waals surface area contributed by atoms with Gasteiger partial charge in [0.05, 0.1) is 12.6 Å². The predicted molar refractivity (Wildman–Crippen MR) is 82.9 cm³/mol. The van der Waals surface area contributed by atoms with Gasteiger partial charge in [-0.05, 0) is 19.6 Å². The summed E-state index contributed by atoms with van der Waals surface area (Å²) in [7, 11) is 0. The standard InChI is InChI=1S/C14H27N3OS/c1-5-15-13(16-7-9-19-4)17-11-10-6-8-18-12(10)14(11,2)3/h10-12H,5-9H2,1-4H3,(H2,15,16,17). The number of aliphatic imine (C=N–C) groups is 1. The molecule has 0 radical (unpaired) electrons. The summed E-state index contributed by atoms with van der Waals surface area (Å²) < 4.78 is 5.83. The van der Waals surface area contributed by atoms with Gasteiger partial charge in [0.15, 0.2) is 5.96 Å². The van der Waals surface area contributed by atoms with Gasteiger partial charge in [0.25, 0.3) is 0 Å². The van der Waals surface area contributed by atoms with E-state index in [0.717, 1.165) is 31.4 Å². The molecule has 1 saturated heterocycles. The Morgan fingerprint density at radius 2 is 2.26 bits per heavy atom. The van der Waals surface area contributed by atoms with Crippen molar-refractivity contribution in [2.24, 2.45) is 16.3 Å². The molecule has 19 heavy (non-hydrogen) atoms. The van der Waals surface area contributed by atoms with Gasteiger partial charge in [0.1, 0.15) is 0 Å². The number of nitrogens with zero attached hydrogens (tertiary/aromatic N) is 1. The Kier molecular flexibility index (Phi) is 5.01. The number of hydrogen-bond acceptors (Lipinski definition) is 3.